The highest BCUT2D eigenvalue weighted by Gasteiger charge is 1.96. The van der Waals surface area contributed by atoms with Crippen molar-refractivity contribution in [3.63, 3.8) is 0 Å². The third-order valence-corrected chi connectivity index (χ3v) is 1.11. The van der Waals surface area contributed by atoms with Crippen molar-refractivity contribution < 1.29 is 4.79 Å². The van der Waals surface area contributed by atoms with E-state index in [0.29, 0.717) is 0 Å². The topological polar surface area (TPSA) is 41.1 Å². The van der Waals surface area contributed by atoms with Gasteiger partial charge >= 0.3 is 0 Å². The molecule has 1 aliphatic rings. The van der Waals surface area contributed by atoms with Crippen LogP contribution in [0, 0.1) is 0 Å². The van der Waals surface area contributed by atoms with Crippen molar-refractivity contribution in [2.24, 2.45) is 0 Å². The Morgan fingerprint density at radius 3 is 3.10 bits per heavy atom. The molecule has 0 atom stereocenters. The molecule has 0 aromatic heterocycles. The molecule has 0 unspecified atom stereocenters. The monoisotopic (exact) mass is 138 g/mol. The highest BCUT2D eigenvalue weighted by atomic mass is 16.1. The van der Waals surface area contributed by atoms with Gasteiger partial charge in [0.2, 0.25) is 5.91 Å². The molecule has 3 heteroatoms. The average Bonchev–Trinajstić information content (AvgIpc) is 1.88. The second-order valence-corrected chi connectivity index (χ2v) is 2.09. The molecular formula is C7H10N2O. The van der Waals surface area contributed by atoms with Gasteiger partial charge in [-0.1, -0.05) is 6.08 Å². The lowest BCUT2D eigenvalue weighted by molar-refractivity contribution is -0.118. The van der Waals surface area contributed by atoms with Crippen LogP contribution in [0.4, 0.5) is 0 Å². The number of carbonyl (C=O) groups excluding carboxylic acids is 1. The molecular weight excluding hydrogens is 128 g/mol. The maximum absolute atomic E-state index is 10.5. The van der Waals surface area contributed by atoms with E-state index in [9.17, 15) is 4.79 Å². The fraction of sp³-hybridized carbons (Fsp3) is 0.286. The molecule has 1 amide bonds. The van der Waals surface area contributed by atoms with Gasteiger partial charge in [0.25, 0.3) is 0 Å². The summed E-state index contributed by atoms with van der Waals surface area (Å²) in [5.41, 5.74) is 0.818. The van der Waals surface area contributed by atoms with Crippen LogP contribution >= 0.6 is 0 Å². The summed E-state index contributed by atoms with van der Waals surface area (Å²) in [4.78, 5) is 10.5. The second kappa shape index (κ2) is 3.06. The van der Waals surface area contributed by atoms with Crippen molar-refractivity contribution in [3.8, 4) is 0 Å². The van der Waals surface area contributed by atoms with Crippen molar-refractivity contribution in [1.82, 2.24) is 10.6 Å². The van der Waals surface area contributed by atoms with Crippen LogP contribution in [0.1, 0.15) is 6.92 Å². The van der Waals surface area contributed by atoms with E-state index in [1.807, 2.05) is 12.2 Å². The number of hydrogen-bond acceptors (Lipinski definition) is 2. The molecule has 0 bridgehead atoms. The van der Waals surface area contributed by atoms with E-state index in [-0.39, 0.29) is 5.91 Å². The standard InChI is InChI=1S/C7H10N2O/c1-6(10)9-7-3-2-4-8-5-7/h2-3,5,8H,4H2,1H3,(H,9,10). The molecule has 1 aliphatic heterocycles. The Labute approximate surface area is 59.8 Å². The summed E-state index contributed by atoms with van der Waals surface area (Å²) < 4.78 is 0. The van der Waals surface area contributed by atoms with E-state index in [1.165, 1.54) is 6.92 Å². The zero-order valence-corrected chi connectivity index (χ0v) is 5.85. The number of amides is 1. The predicted molar refractivity (Wildman–Crippen MR) is 39.0 cm³/mol. The molecule has 0 saturated carbocycles. The van der Waals surface area contributed by atoms with Gasteiger partial charge < -0.3 is 10.6 Å². The van der Waals surface area contributed by atoms with E-state index < -0.39 is 0 Å². The van der Waals surface area contributed by atoms with E-state index in [0.717, 1.165) is 12.2 Å². The Hall–Kier alpha value is -1.25. The molecule has 2 N–H and O–H groups in total. The van der Waals surface area contributed by atoms with Crippen molar-refractivity contribution in [1.29, 1.82) is 0 Å². The Kier molecular flexibility index (Phi) is 2.10. The van der Waals surface area contributed by atoms with Gasteiger partial charge in [0.1, 0.15) is 0 Å². The van der Waals surface area contributed by atoms with Gasteiger partial charge in [-0.05, 0) is 6.08 Å². The molecule has 1 rings (SSSR count). The molecule has 10 heavy (non-hydrogen) atoms. The Morgan fingerprint density at radius 2 is 2.60 bits per heavy atom. The molecule has 0 aromatic rings. The van der Waals surface area contributed by atoms with Gasteiger partial charge in [-0.3, -0.25) is 4.79 Å². The first kappa shape index (κ1) is 6.86. The minimum atomic E-state index is -0.0420. The molecule has 54 valence electrons. The Bertz CT molecular complexity index is 194. The summed E-state index contributed by atoms with van der Waals surface area (Å²) in [5.74, 6) is -0.0420. The summed E-state index contributed by atoms with van der Waals surface area (Å²) in [7, 11) is 0. The Balaban J connectivity index is 2.48. The summed E-state index contributed by atoms with van der Waals surface area (Å²) in [5, 5.41) is 5.63. The Morgan fingerprint density at radius 1 is 1.80 bits per heavy atom. The number of dihydropyridines is 1. The lowest BCUT2D eigenvalue weighted by atomic mass is 10.3. The van der Waals surface area contributed by atoms with Gasteiger partial charge in [-0.2, -0.15) is 0 Å². The highest BCUT2D eigenvalue weighted by Crippen LogP contribution is 1.93. The lowest BCUT2D eigenvalue weighted by Gasteiger charge is -2.07. The molecule has 3 nitrogen and oxygen atoms in total. The van der Waals surface area contributed by atoms with E-state index in [2.05, 4.69) is 10.6 Å². The zero-order chi connectivity index (χ0) is 7.40. The fourth-order valence-corrected chi connectivity index (χ4v) is 0.752. The van der Waals surface area contributed by atoms with Gasteiger partial charge in [0.15, 0.2) is 0 Å². The minimum absolute atomic E-state index is 0.0420. The third-order valence-electron chi connectivity index (χ3n) is 1.11. The maximum Gasteiger partial charge on any atom is 0.221 e. The van der Waals surface area contributed by atoms with Crippen LogP contribution in [0.3, 0.4) is 0 Å². The molecule has 0 aromatic carbocycles. The first-order chi connectivity index (χ1) is 4.79. The normalized spacial score (nSPS) is 15.5. The second-order valence-electron chi connectivity index (χ2n) is 2.09. The fourth-order valence-electron chi connectivity index (χ4n) is 0.752. The van der Waals surface area contributed by atoms with Crippen LogP contribution in [0.2, 0.25) is 0 Å². The molecule has 0 radical (unpaired) electrons. The number of carbonyl (C=O) groups is 1. The van der Waals surface area contributed by atoms with Crippen LogP contribution in [0.25, 0.3) is 0 Å². The summed E-state index contributed by atoms with van der Waals surface area (Å²) in [6, 6.07) is 0. The smallest absolute Gasteiger partial charge is 0.221 e. The van der Waals surface area contributed by atoms with Crippen LogP contribution in [0.15, 0.2) is 24.0 Å². The average molecular weight is 138 g/mol. The number of allylic oxidation sites excluding steroid dienone is 1. The van der Waals surface area contributed by atoms with Gasteiger partial charge in [-0.15, -0.1) is 0 Å². The number of nitrogens with one attached hydrogen (secondary N) is 2. The van der Waals surface area contributed by atoms with E-state index in [4.69, 9.17) is 0 Å². The largest absolute Gasteiger partial charge is 0.386 e. The summed E-state index contributed by atoms with van der Waals surface area (Å²) >= 11 is 0. The maximum atomic E-state index is 10.5. The first-order valence-electron chi connectivity index (χ1n) is 3.17. The molecule has 0 aliphatic carbocycles. The van der Waals surface area contributed by atoms with Crippen molar-refractivity contribution in [3.05, 3.63) is 24.0 Å². The summed E-state index contributed by atoms with van der Waals surface area (Å²) in [6.07, 6.45) is 5.60. The number of rotatable bonds is 1. The molecule has 0 fully saturated rings. The molecule has 1 heterocycles. The zero-order valence-electron chi connectivity index (χ0n) is 5.85. The predicted octanol–water partition coefficient (Wildman–Crippen LogP) is 0.123. The molecule has 0 spiro atoms. The van der Waals surface area contributed by atoms with Gasteiger partial charge in [0.05, 0.1) is 5.70 Å². The minimum Gasteiger partial charge on any atom is -0.386 e. The van der Waals surface area contributed by atoms with Crippen LogP contribution in [0.5, 0.6) is 0 Å². The van der Waals surface area contributed by atoms with Crippen LogP contribution in [-0.2, 0) is 4.79 Å². The lowest BCUT2D eigenvalue weighted by Crippen LogP contribution is -2.22. The van der Waals surface area contributed by atoms with Crippen LogP contribution in [-0.4, -0.2) is 12.5 Å². The highest BCUT2D eigenvalue weighted by molar-refractivity contribution is 5.75. The quantitative estimate of drug-likeness (QED) is 0.540. The number of hydrogen-bond donors (Lipinski definition) is 2. The van der Waals surface area contributed by atoms with Crippen molar-refractivity contribution >= 4 is 5.91 Å². The van der Waals surface area contributed by atoms with Crippen molar-refractivity contribution in [2.75, 3.05) is 6.54 Å². The third kappa shape index (κ3) is 1.93. The van der Waals surface area contributed by atoms with Crippen LogP contribution < -0.4 is 10.6 Å². The van der Waals surface area contributed by atoms with Gasteiger partial charge in [0, 0.05) is 19.7 Å². The first-order valence-corrected chi connectivity index (χ1v) is 3.17. The van der Waals surface area contributed by atoms with Gasteiger partial charge in [-0.25, -0.2) is 0 Å². The molecule has 0 saturated heterocycles. The van der Waals surface area contributed by atoms with E-state index >= 15 is 0 Å². The summed E-state index contributed by atoms with van der Waals surface area (Å²) in [6.45, 7) is 2.33. The van der Waals surface area contributed by atoms with Crippen molar-refractivity contribution in [2.45, 2.75) is 6.92 Å². The van der Waals surface area contributed by atoms with E-state index in [1.54, 1.807) is 6.20 Å². The SMILES string of the molecule is CC(=O)NC1=CNCC=C1.